The summed E-state index contributed by atoms with van der Waals surface area (Å²) in [6.45, 7) is 5.34. The minimum absolute atomic E-state index is 0.202. The van der Waals surface area contributed by atoms with Crippen molar-refractivity contribution < 1.29 is 9.32 Å². The molecular weight excluding hydrogens is 334 g/mol. The third-order valence-electron chi connectivity index (χ3n) is 4.89. The highest BCUT2D eigenvalue weighted by molar-refractivity contribution is 7.99. The molecule has 3 heterocycles. The van der Waals surface area contributed by atoms with Crippen LogP contribution in [0.1, 0.15) is 28.3 Å². The van der Waals surface area contributed by atoms with Gasteiger partial charge in [-0.1, -0.05) is 23.4 Å². The first kappa shape index (κ1) is 16.3. The Labute approximate surface area is 150 Å². The Bertz CT molecular complexity index is 909. The number of aromatic nitrogens is 2. The van der Waals surface area contributed by atoms with Crippen LogP contribution in [0.5, 0.6) is 0 Å². The van der Waals surface area contributed by atoms with Gasteiger partial charge in [-0.25, -0.2) is 0 Å². The highest BCUT2D eigenvalue weighted by Crippen LogP contribution is 2.28. The minimum Gasteiger partial charge on any atom is -0.361 e. The number of carbonyl (C=O) groups excluding carboxylic acids is 1. The lowest BCUT2D eigenvalue weighted by Gasteiger charge is -2.27. The van der Waals surface area contributed by atoms with Gasteiger partial charge < -0.3 is 14.4 Å². The van der Waals surface area contributed by atoms with Crippen LogP contribution in [0.3, 0.4) is 0 Å². The summed E-state index contributed by atoms with van der Waals surface area (Å²) >= 11 is 1.63. The Morgan fingerprint density at radius 1 is 1.36 bits per heavy atom. The van der Waals surface area contributed by atoms with Crippen LogP contribution >= 0.6 is 11.8 Å². The zero-order chi connectivity index (χ0) is 17.4. The summed E-state index contributed by atoms with van der Waals surface area (Å²) in [7, 11) is 0. The maximum absolute atomic E-state index is 12.6. The Kier molecular flexibility index (Phi) is 4.29. The number of H-pyrrole nitrogens is 1. The average molecular weight is 355 g/mol. The van der Waals surface area contributed by atoms with Crippen molar-refractivity contribution in [2.24, 2.45) is 0 Å². The van der Waals surface area contributed by atoms with Gasteiger partial charge in [-0.3, -0.25) is 4.79 Å². The minimum atomic E-state index is 0.202. The van der Waals surface area contributed by atoms with Gasteiger partial charge in [0.1, 0.15) is 5.76 Å². The highest BCUT2D eigenvalue weighted by atomic mass is 32.2. The molecule has 1 aromatic carbocycles. The number of rotatable bonds is 4. The molecule has 1 aliphatic heterocycles. The molecule has 1 N–H and O–H groups in total. The Morgan fingerprint density at radius 3 is 3.00 bits per heavy atom. The highest BCUT2D eigenvalue weighted by Gasteiger charge is 2.23. The van der Waals surface area contributed by atoms with Gasteiger partial charge in [0.05, 0.1) is 11.4 Å². The number of para-hydroxylation sites is 1. The second kappa shape index (κ2) is 6.59. The zero-order valence-electron chi connectivity index (χ0n) is 14.5. The molecule has 0 unspecified atom stereocenters. The van der Waals surface area contributed by atoms with Gasteiger partial charge in [0.15, 0.2) is 0 Å². The third-order valence-corrected chi connectivity index (χ3v) is 5.83. The lowest BCUT2D eigenvalue weighted by molar-refractivity contribution is -0.129. The van der Waals surface area contributed by atoms with Crippen molar-refractivity contribution in [1.82, 2.24) is 15.0 Å². The Hall–Kier alpha value is -2.21. The first-order valence-electron chi connectivity index (χ1n) is 8.49. The molecule has 0 atom stereocenters. The maximum atomic E-state index is 12.6. The largest absolute Gasteiger partial charge is 0.361 e. The summed E-state index contributed by atoms with van der Waals surface area (Å²) in [5.74, 6) is 2.30. The maximum Gasteiger partial charge on any atom is 0.232 e. The summed E-state index contributed by atoms with van der Waals surface area (Å²) in [4.78, 5) is 18.1. The van der Waals surface area contributed by atoms with E-state index in [9.17, 15) is 4.79 Å². The van der Waals surface area contributed by atoms with Gasteiger partial charge in [-0.15, -0.1) is 11.8 Å². The fraction of sp³-hybridized carbons (Fsp3) is 0.368. The predicted molar refractivity (Wildman–Crippen MR) is 99.6 cm³/mol. The van der Waals surface area contributed by atoms with Crippen molar-refractivity contribution in [2.75, 3.05) is 12.3 Å². The van der Waals surface area contributed by atoms with E-state index in [0.717, 1.165) is 41.3 Å². The van der Waals surface area contributed by atoms with Crippen LogP contribution in [0.2, 0.25) is 0 Å². The van der Waals surface area contributed by atoms with Crippen LogP contribution in [-0.4, -0.2) is 33.2 Å². The normalized spacial score (nSPS) is 14.1. The van der Waals surface area contributed by atoms with E-state index in [0.29, 0.717) is 12.3 Å². The number of amides is 1. The molecular formula is C19H21N3O2S. The summed E-state index contributed by atoms with van der Waals surface area (Å²) in [5.41, 5.74) is 5.73. The van der Waals surface area contributed by atoms with Crippen LogP contribution in [0, 0.1) is 13.8 Å². The summed E-state index contributed by atoms with van der Waals surface area (Å²) in [6.07, 6.45) is 0.893. The lowest BCUT2D eigenvalue weighted by Crippen LogP contribution is -2.36. The van der Waals surface area contributed by atoms with Crippen molar-refractivity contribution in [3.63, 3.8) is 0 Å². The van der Waals surface area contributed by atoms with Gasteiger partial charge in [0, 0.05) is 53.0 Å². The number of nitrogens with zero attached hydrogens (tertiary/aromatic N) is 2. The summed E-state index contributed by atoms with van der Waals surface area (Å²) in [6, 6.07) is 8.32. The SMILES string of the molecule is Cc1noc(C)c1CSCC(=O)N1CCc2[nH]c3ccccc3c2C1. The lowest BCUT2D eigenvalue weighted by atomic mass is 10.0. The van der Waals surface area contributed by atoms with Gasteiger partial charge in [-0.05, 0) is 19.9 Å². The first-order chi connectivity index (χ1) is 12.1. The standard InChI is InChI=1S/C19H21N3O2S/c1-12-16(13(2)24-21-12)10-25-11-19(23)22-8-7-18-15(9-22)14-5-3-4-6-17(14)20-18/h3-6,20H,7-11H2,1-2H3. The van der Waals surface area contributed by atoms with Gasteiger partial charge >= 0.3 is 0 Å². The number of thioether (sulfide) groups is 1. The van der Waals surface area contributed by atoms with Crippen LogP contribution in [0.4, 0.5) is 0 Å². The molecule has 130 valence electrons. The number of hydrogen-bond acceptors (Lipinski definition) is 4. The van der Waals surface area contributed by atoms with E-state index in [1.165, 1.54) is 16.6 Å². The van der Waals surface area contributed by atoms with Crippen LogP contribution in [-0.2, 0) is 23.5 Å². The molecule has 0 saturated carbocycles. The van der Waals surface area contributed by atoms with E-state index in [4.69, 9.17) is 4.52 Å². The van der Waals surface area contributed by atoms with Crippen LogP contribution in [0.25, 0.3) is 10.9 Å². The van der Waals surface area contributed by atoms with Gasteiger partial charge in [0.2, 0.25) is 5.91 Å². The smallest absolute Gasteiger partial charge is 0.232 e. The van der Waals surface area contributed by atoms with Crippen molar-refractivity contribution in [2.45, 2.75) is 32.6 Å². The molecule has 0 radical (unpaired) electrons. The molecule has 0 fully saturated rings. The number of nitrogens with one attached hydrogen (secondary N) is 1. The van der Waals surface area contributed by atoms with E-state index in [1.807, 2.05) is 24.8 Å². The fourth-order valence-corrected chi connectivity index (χ4v) is 4.49. The van der Waals surface area contributed by atoms with E-state index in [2.05, 4.69) is 28.3 Å². The molecule has 1 amide bonds. The molecule has 4 rings (SSSR count). The molecule has 0 spiro atoms. The third kappa shape index (κ3) is 3.06. The van der Waals surface area contributed by atoms with Crippen molar-refractivity contribution in [3.05, 3.63) is 52.5 Å². The van der Waals surface area contributed by atoms with Crippen molar-refractivity contribution >= 4 is 28.6 Å². The topological polar surface area (TPSA) is 62.1 Å². The number of aryl methyl sites for hydroxylation is 2. The average Bonchev–Trinajstić information content (AvgIpc) is 3.15. The second-order valence-corrected chi connectivity index (χ2v) is 7.47. The molecule has 1 aliphatic rings. The number of hydrogen-bond donors (Lipinski definition) is 1. The Morgan fingerprint density at radius 2 is 2.20 bits per heavy atom. The molecule has 0 bridgehead atoms. The molecule has 6 heteroatoms. The number of carbonyl (C=O) groups is 1. The predicted octanol–water partition coefficient (Wildman–Crippen LogP) is 3.59. The molecule has 0 aliphatic carbocycles. The van der Waals surface area contributed by atoms with Gasteiger partial charge in [-0.2, -0.15) is 0 Å². The fourth-order valence-electron chi connectivity index (χ4n) is 3.42. The van der Waals surface area contributed by atoms with Crippen molar-refractivity contribution in [1.29, 1.82) is 0 Å². The van der Waals surface area contributed by atoms with Gasteiger partial charge in [0.25, 0.3) is 0 Å². The van der Waals surface area contributed by atoms with Crippen molar-refractivity contribution in [3.8, 4) is 0 Å². The summed E-state index contributed by atoms with van der Waals surface area (Å²) < 4.78 is 5.18. The monoisotopic (exact) mass is 355 g/mol. The Balaban J connectivity index is 1.40. The molecule has 5 nitrogen and oxygen atoms in total. The number of fused-ring (bicyclic) bond motifs is 3. The number of benzene rings is 1. The van der Waals surface area contributed by atoms with Crippen LogP contribution in [0.15, 0.2) is 28.8 Å². The number of aromatic amines is 1. The van der Waals surface area contributed by atoms with E-state index < -0.39 is 0 Å². The second-order valence-electron chi connectivity index (χ2n) is 6.49. The molecule has 25 heavy (non-hydrogen) atoms. The van der Waals surface area contributed by atoms with E-state index >= 15 is 0 Å². The summed E-state index contributed by atoms with van der Waals surface area (Å²) in [5, 5.41) is 5.20. The van der Waals surface area contributed by atoms with E-state index in [1.54, 1.807) is 11.8 Å². The molecule has 2 aromatic heterocycles. The molecule has 0 saturated heterocycles. The van der Waals surface area contributed by atoms with E-state index in [-0.39, 0.29) is 5.91 Å². The first-order valence-corrected chi connectivity index (χ1v) is 9.64. The van der Waals surface area contributed by atoms with Crippen LogP contribution < -0.4 is 0 Å². The quantitative estimate of drug-likeness (QED) is 0.777. The molecule has 3 aromatic rings. The zero-order valence-corrected chi connectivity index (χ0v) is 15.3.